The molecule has 1 aromatic carbocycles. The normalized spacial score (nSPS) is 21.6. The van der Waals surface area contributed by atoms with E-state index in [-0.39, 0.29) is 11.4 Å². The van der Waals surface area contributed by atoms with Crippen LogP contribution in [0.4, 0.5) is 5.82 Å². The predicted octanol–water partition coefficient (Wildman–Crippen LogP) is 3.63. The van der Waals surface area contributed by atoms with E-state index in [1.165, 1.54) is 25.7 Å². The quantitative estimate of drug-likeness (QED) is 0.857. The summed E-state index contributed by atoms with van der Waals surface area (Å²) in [5, 5.41) is 7.72. The number of carbonyl (C=O) groups excluding carboxylic acids is 1. The van der Waals surface area contributed by atoms with Gasteiger partial charge in [0.05, 0.1) is 13.2 Å². The maximum Gasteiger partial charge on any atom is 0.259 e. The molecule has 5 rings (SSSR count). The predicted molar refractivity (Wildman–Crippen MR) is 106 cm³/mol. The maximum atomic E-state index is 13.5. The molecule has 2 aliphatic carbocycles. The zero-order chi connectivity index (χ0) is 19.0. The van der Waals surface area contributed by atoms with Gasteiger partial charge in [0.15, 0.2) is 11.6 Å². The first kappa shape index (κ1) is 17.7. The summed E-state index contributed by atoms with van der Waals surface area (Å²) in [7, 11) is 0. The lowest BCUT2D eigenvalue weighted by Crippen LogP contribution is -2.43. The van der Waals surface area contributed by atoms with Crippen LogP contribution in [0.2, 0.25) is 0 Å². The summed E-state index contributed by atoms with van der Waals surface area (Å²) in [5.41, 5.74) is 1.43. The van der Waals surface area contributed by atoms with Crippen LogP contribution in [0.1, 0.15) is 48.9 Å². The van der Waals surface area contributed by atoms with E-state index in [1.807, 2.05) is 30.3 Å². The number of benzene rings is 1. The molecule has 1 amide bonds. The van der Waals surface area contributed by atoms with Crippen LogP contribution in [0, 0.1) is 5.92 Å². The molecule has 0 radical (unpaired) electrons. The van der Waals surface area contributed by atoms with Gasteiger partial charge in [0.25, 0.3) is 5.91 Å². The number of hydrogen-bond donors (Lipinski definition) is 1. The Bertz CT molecular complexity index is 832. The molecule has 6 nitrogen and oxygen atoms in total. The number of amides is 1. The smallest absolute Gasteiger partial charge is 0.259 e. The highest BCUT2D eigenvalue weighted by Crippen LogP contribution is 2.49. The van der Waals surface area contributed by atoms with Crippen LogP contribution in [-0.4, -0.2) is 42.9 Å². The van der Waals surface area contributed by atoms with E-state index in [0.29, 0.717) is 36.3 Å². The number of nitrogens with zero attached hydrogens (tertiary/aromatic N) is 2. The molecule has 0 unspecified atom stereocenters. The summed E-state index contributed by atoms with van der Waals surface area (Å²) in [6.07, 6.45) is 7.19. The molecule has 1 saturated heterocycles. The Morgan fingerprint density at radius 1 is 1.11 bits per heavy atom. The number of carbonyl (C=O) groups is 1. The number of ether oxygens (including phenoxy) is 1. The Hall–Kier alpha value is -2.34. The van der Waals surface area contributed by atoms with E-state index in [0.717, 1.165) is 31.5 Å². The molecule has 6 heteroatoms. The Balaban J connectivity index is 1.48. The highest BCUT2D eigenvalue weighted by Gasteiger charge is 2.51. The molecule has 1 aromatic heterocycles. The summed E-state index contributed by atoms with van der Waals surface area (Å²) >= 11 is 0. The van der Waals surface area contributed by atoms with Crippen molar-refractivity contribution < 1.29 is 14.1 Å². The lowest BCUT2D eigenvalue weighted by atomic mass is 9.95. The third-order valence-electron chi connectivity index (χ3n) is 6.54. The number of hydrogen-bond acceptors (Lipinski definition) is 5. The van der Waals surface area contributed by atoms with Crippen molar-refractivity contribution in [2.24, 2.45) is 5.92 Å². The van der Waals surface area contributed by atoms with E-state index in [4.69, 9.17) is 9.26 Å². The van der Waals surface area contributed by atoms with Gasteiger partial charge in [-0.3, -0.25) is 4.79 Å². The summed E-state index contributed by atoms with van der Waals surface area (Å²) in [5.74, 6) is 1.76. The monoisotopic (exact) mass is 381 g/mol. The van der Waals surface area contributed by atoms with E-state index < -0.39 is 0 Å². The fraction of sp³-hybridized carbons (Fsp3) is 0.545. The molecule has 1 aliphatic heterocycles. The zero-order valence-corrected chi connectivity index (χ0v) is 16.2. The molecule has 0 bridgehead atoms. The molecule has 0 spiro atoms. The van der Waals surface area contributed by atoms with Crippen molar-refractivity contribution in [3.8, 4) is 11.3 Å². The van der Waals surface area contributed by atoms with E-state index >= 15 is 0 Å². The number of rotatable bonds is 5. The minimum atomic E-state index is -0.0500. The Labute approximate surface area is 165 Å². The van der Waals surface area contributed by atoms with Crippen LogP contribution >= 0.6 is 0 Å². The van der Waals surface area contributed by atoms with Gasteiger partial charge in [0.1, 0.15) is 5.56 Å². The van der Waals surface area contributed by atoms with Gasteiger partial charge in [-0.1, -0.05) is 48.3 Å². The first-order valence-electron chi connectivity index (χ1n) is 10.5. The summed E-state index contributed by atoms with van der Waals surface area (Å²) in [6.45, 7) is 2.71. The minimum absolute atomic E-state index is 0.0128. The van der Waals surface area contributed by atoms with Gasteiger partial charge in [-0.25, -0.2) is 0 Å². The van der Waals surface area contributed by atoms with Gasteiger partial charge >= 0.3 is 0 Å². The molecule has 2 heterocycles. The van der Waals surface area contributed by atoms with Gasteiger partial charge in [0, 0.05) is 24.2 Å². The summed E-state index contributed by atoms with van der Waals surface area (Å²) in [6, 6.07) is 9.79. The van der Waals surface area contributed by atoms with Crippen molar-refractivity contribution in [3.05, 3.63) is 35.9 Å². The van der Waals surface area contributed by atoms with Crippen LogP contribution in [-0.2, 0) is 4.74 Å². The molecule has 28 heavy (non-hydrogen) atoms. The molecular formula is C22H27N3O3. The molecule has 2 aromatic rings. The molecule has 2 saturated carbocycles. The third kappa shape index (κ3) is 3.20. The lowest BCUT2D eigenvalue weighted by Gasteiger charge is -2.28. The van der Waals surface area contributed by atoms with Crippen molar-refractivity contribution in [3.63, 3.8) is 0 Å². The molecule has 0 atom stereocenters. The van der Waals surface area contributed by atoms with Crippen molar-refractivity contribution >= 4 is 11.7 Å². The standard InChI is InChI=1S/C22H27N3O3/c26-21(23-22(10-11-22)17-8-4-5-9-17)18-19(16-6-2-1-3-7-16)28-24-20(18)25-12-14-27-15-13-25/h1-3,6-7,17H,4-5,8-15H2,(H,23,26). The molecule has 148 valence electrons. The van der Waals surface area contributed by atoms with Crippen molar-refractivity contribution in [1.82, 2.24) is 10.5 Å². The van der Waals surface area contributed by atoms with E-state index in [1.54, 1.807) is 0 Å². The van der Waals surface area contributed by atoms with E-state index in [9.17, 15) is 4.79 Å². The highest BCUT2D eigenvalue weighted by molar-refractivity contribution is 6.04. The largest absolute Gasteiger partial charge is 0.378 e. The fourth-order valence-corrected chi connectivity index (χ4v) is 4.80. The molecular weight excluding hydrogens is 354 g/mol. The first-order valence-corrected chi connectivity index (χ1v) is 10.5. The Morgan fingerprint density at radius 3 is 2.50 bits per heavy atom. The maximum absolute atomic E-state index is 13.5. The number of morpholine rings is 1. The second kappa shape index (κ2) is 7.24. The Kier molecular flexibility index (Phi) is 4.59. The fourth-order valence-electron chi connectivity index (χ4n) is 4.80. The average Bonchev–Trinajstić information content (AvgIpc) is 3.15. The molecule has 3 fully saturated rings. The Morgan fingerprint density at radius 2 is 1.82 bits per heavy atom. The molecule has 1 N–H and O–H groups in total. The third-order valence-corrected chi connectivity index (χ3v) is 6.54. The van der Waals surface area contributed by atoms with Crippen LogP contribution in [0.15, 0.2) is 34.9 Å². The van der Waals surface area contributed by atoms with Crippen molar-refractivity contribution in [2.45, 2.75) is 44.1 Å². The van der Waals surface area contributed by atoms with Crippen LogP contribution in [0.3, 0.4) is 0 Å². The highest BCUT2D eigenvalue weighted by atomic mass is 16.5. The van der Waals surface area contributed by atoms with Gasteiger partial charge in [-0.2, -0.15) is 0 Å². The average molecular weight is 381 g/mol. The zero-order valence-electron chi connectivity index (χ0n) is 16.2. The topological polar surface area (TPSA) is 67.6 Å². The van der Waals surface area contributed by atoms with Crippen molar-refractivity contribution in [1.29, 1.82) is 0 Å². The van der Waals surface area contributed by atoms with Gasteiger partial charge in [-0.05, 0) is 31.6 Å². The summed E-state index contributed by atoms with van der Waals surface area (Å²) in [4.78, 5) is 15.6. The van der Waals surface area contributed by atoms with Crippen LogP contribution in [0.25, 0.3) is 11.3 Å². The minimum Gasteiger partial charge on any atom is -0.378 e. The lowest BCUT2D eigenvalue weighted by molar-refractivity contribution is 0.0912. The van der Waals surface area contributed by atoms with Gasteiger partial charge in [0.2, 0.25) is 0 Å². The van der Waals surface area contributed by atoms with Gasteiger partial charge < -0.3 is 19.5 Å². The number of anilines is 1. The molecule has 3 aliphatic rings. The van der Waals surface area contributed by atoms with Crippen LogP contribution < -0.4 is 10.2 Å². The number of aromatic nitrogens is 1. The van der Waals surface area contributed by atoms with Gasteiger partial charge in [-0.15, -0.1) is 0 Å². The summed E-state index contributed by atoms with van der Waals surface area (Å²) < 4.78 is 11.2. The first-order chi connectivity index (χ1) is 13.8. The van der Waals surface area contributed by atoms with Crippen LogP contribution in [0.5, 0.6) is 0 Å². The SMILES string of the molecule is O=C(NC1(C2CCCC2)CC1)c1c(N2CCOCC2)noc1-c1ccccc1. The second-order valence-electron chi connectivity index (χ2n) is 8.27. The van der Waals surface area contributed by atoms with E-state index in [2.05, 4.69) is 15.4 Å². The second-order valence-corrected chi connectivity index (χ2v) is 8.27. The number of nitrogens with one attached hydrogen (secondary N) is 1. The van der Waals surface area contributed by atoms with Crippen molar-refractivity contribution in [2.75, 3.05) is 31.2 Å².